The Balaban J connectivity index is 2.00. The van der Waals surface area contributed by atoms with Crippen molar-refractivity contribution in [2.24, 2.45) is 12.8 Å². The summed E-state index contributed by atoms with van der Waals surface area (Å²) in [5, 5.41) is 9.42. The van der Waals surface area contributed by atoms with E-state index in [0.717, 1.165) is 5.56 Å². The molecule has 6 nitrogen and oxygen atoms in total. The van der Waals surface area contributed by atoms with Crippen molar-refractivity contribution in [1.82, 2.24) is 9.78 Å². The van der Waals surface area contributed by atoms with Crippen LogP contribution in [0.1, 0.15) is 18.5 Å². The molecule has 1 atom stereocenters. The first-order valence-corrected chi connectivity index (χ1v) is 5.97. The molecule has 0 saturated carbocycles. The van der Waals surface area contributed by atoms with Crippen molar-refractivity contribution in [3.8, 4) is 0 Å². The lowest BCUT2D eigenvalue weighted by Gasteiger charge is -2.09. The Hall–Kier alpha value is -2.34. The molecule has 1 heterocycles. The lowest BCUT2D eigenvalue weighted by Crippen LogP contribution is -2.19. The molecule has 0 fully saturated rings. The Labute approximate surface area is 111 Å². The molecule has 2 amide bonds. The van der Waals surface area contributed by atoms with Gasteiger partial charge in [0, 0.05) is 25.0 Å². The molecule has 1 aromatic heterocycles. The highest BCUT2D eigenvalue weighted by Gasteiger charge is 2.05. The zero-order valence-electron chi connectivity index (χ0n) is 10.9. The number of hydrogen-bond acceptors (Lipinski definition) is 3. The van der Waals surface area contributed by atoms with Crippen LogP contribution in [-0.4, -0.2) is 15.8 Å². The van der Waals surface area contributed by atoms with E-state index in [0.29, 0.717) is 11.4 Å². The Bertz CT molecular complexity index is 576. The van der Waals surface area contributed by atoms with Gasteiger partial charge in [0.1, 0.15) is 0 Å². The number of urea groups is 1. The second-order valence-electron chi connectivity index (χ2n) is 4.40. The van der Waals surface area contributed by atoms with Gasteiger partial charge in [-0.05, 0) is 24.6 Å². The predicted molar refractivity (Wildman–Crippen MR) is 74.9 cm³/mol. The Morgan fingerprint density at radius 1 is 1.37 bits per heavy atom. The molecule has 1 unspecified atom stereocenters. The van der Waals surface area contributed by atoms with Crippen LogP contribution in [0, 0.1) is 0 Å². The van der Waals surface area contributed by atoms with Crippen molar-refractivity contribution in [2.45, 2.75) is 13.0 Å². The van der Waals surface area contributed by atoms with Gasteiger partial charge < -0.3 is 16.4 Å². The normalized spacial score (nSPS) is 11.9. The number of aromatic nitrogens is 2. The van der Waals surface area contributed by atoms with Gasteiger partial charge in [-0.2, -0.15) is 5.10 Å². The molecule has 6 heteroatoms. The second kappa shape index (κ2) is 5.53. The van der Waals surface area contributed by atoms with Crippen molar-refractivity contribution in [2.75, 3.05) is 10.6 Å². The highest BCUT2D eigenvalue weighted by atomic mass is 16.2. The summed E-state index contributed by atoms with van der Waals surface area (Å²) in [6, 6.07) is 7.08. The third kappa shape index (κ3) is 3.56. The number of carbonyl (C=O) groups is 1. The van der Waals surface area contributed by atoms with Crippen molar-refractivity contribution < 1.29 is 4.79 Å². The first kappa shape index (κ1) is 13.1. The fourth-order valence-corrected chi connectivity index (χ4v) is 1.68. The van der Waals surface area contributed by atoms with Crippen molar-refractivity contribution in [3.05, 3.63) is 42.2 Å². The third-order valence-corrected chi connectivity index (χ3v) is 2.63. The van der Waals surface area contributed by atoms with Crippen molar-refractivity contribution in [3.63, 3.8) is 0 Å². The summed E-state index contributed by atoms with van der Waals surface area (Å²) in [7, 11) is 1.79. The minimum Gasteiger partial charge on any atom is -0.324 e. The first-order chi connectivity index (χ1) is 9.04. The Kier molecular flexibility index (Phi) is 3.82. The fourth-order valence-electron chi connectivity index (χ4n) is 1.68. The number of amides is 2. The van der Waals surface area contributed by atoms with Crippen molar-refractivity contribution >= 4 is 17.4 Å². The van der Waals surface area contributed by atoms with Crippen LogP contribution in [0.3, 0.4) is 0 Å². The molecular weight excluding hydrogens is 242 g/mol. The predicted octanol–water partition coefficient (Wildman–Crippen LogP) is 2.08. The number of anilines is 2. The molecule has 0 aliphatic carbocycles. The summed E-state index contributed by atoms with van der Waals surface area (Å²) in [4.78, 5) is 11.8. The van der Waals surface area contributed by atoms with Gasteiger partial charge in [-0.25, -0.2) is 4.79 Å². The molecule has 2 aromatic rings. The highest BCUT2D eigenvalue weighted by Crippen LogP contribution is 2.16. The zero-order chi connectivity index (χ0) is 13.8. The number of nitrogens with two attached hydrogens (primary N) is 1. The number of benzene rings is 1. The van der Waals surface area contributed by atoms with E-state index in [4.69, 9.17) is 5.73 Å². The second-order valence-corrected chi connectivity index (χ2v) is 4.40. The molecular formula is C13H17N5O. The summed E-state index contributed by atoms with van der Waals surface area (Å²) >= 11 is 0. The Morgan fingerprint density at radius 2 is 2.11 bits per heavy atom. The number of nitrogens with zero attached hydrogens (tertiary/aromatic N) is 2. The van der Waals surface area contributed by atoms with Crippen LogP contribution >= 0.6 is 0 Å². The molecule has 0 saturated heterocycles. The van der Waals surface area contributed by atoms with Gasteiger partial charge in [0.25, 0.3) is 0 Å². The zero-order valence-corrected chi connectivity index (χ0v) is 10.9. The van der Waals surface area contributed by atoms with E-state index < -0.39 is 0 Å². The topological polar surface area (TPSA) is 85.0 Å². The van der Waals surface area contributed by atoms with Crippen LogP contribution in [0.4, 0.5) is 16.2 Å². The average Bonchev–Trinajstić information content (AvgIpc) is 2.74. The lowest BCUT2D eigenvalue weighted by atomic mass is 10.1. The summed E-state index contributed by atoms with van der Waals surface area (Å²) in [5.74, 6) is 0. The van der Waals surface area contributed by atoms with E-state index in [-0.39, 0.29) is 12.1 Å². The van der Waals surface area contributed by atoms with E-state index >= 15 is 0 Å². The minimum absolute atomic E-state index is 0.0665. The monoisotopic (exact) mass is 259 g/mol. The molecule has 100 valence electrons. The molecule has 0 aliphatic rings. The summed E-state index contributed by atoms with van der Waals surface area (Å²) in [5.41, 5.74) is 8.12. The first-order valence-electron chi connectivity index (χ1n) is 5.97. The molecule has 0 aliphatic heterocycles. The van der Waals surface area contributed by atoms with Crippen LogP contribution in [0.2, 0.25) is 0 Å². The van der Waals surface area contributed by atoms with Crippen LogP contribution < -0.4 is 16.4 Å². The van der Waals surface area contributed by atoms with E-state index in [1.54, 1.807) is 24.1 Å². The van der Waals surface area contributed by atoms with E-state index in [2.05, 4.69) is 15.7 Å². The standard InChI is InChI=1S/C13H17N5O/c1-9(14)10-4-3-5-11(6-10)16-13(19)17-12-7-15-18(2)8-12/h3-9H,14H2,1-2H3,(H2,16,17,19). The van der Waals surface area contributed by atoms with Gasteiger partial charge in [-0.3, -0.25) is 4.68 Å². The van der Waals surface area contributed by atoms with Gasteiger partial charge in [-0.15, -0.1) is 0 Å². The number of rotatable bonds is 3. The quantitative estimate of drug-likeness (QED) is 0.789. The molecule has 0 bridgehead atoms. The highest BCUT2D eigenvalue weighted by molar-refractivity contribution is 5.99. The van der Waals surface area contributed by atoms with E-state index in [1.807, 2.05) is 31.2 Å². The summed E-state index contributed by atoms with van der Waals surface area (Å²) in [6.45, 7) is 1.90. The maximum atomic E-state index is 11.8. The maximum Gasteiger partial charge on any atom is 0.323 e. The van der Waals surface area contributed by atoms with E-state index in [1.165, 1.54) is 0 Å². The lowest BCUT2D eigenvalue weighted by molar-refractivity contribution is 0.262. The van der Waals surface area contributed by atoms with Crippen LogP contribution in [0.5, 0.6) is 0 Å². The minimum atomic E-state index is -0.310. The number of carbonyl (C=O) groups excluding carboxylic acids is 1. The van der Waals surface area contributed by atoms with Gasteiger partial charge in [-0.1, -0.05) is 12.1 Å². The molecule has 0 spiro atoms. The average molecular weight is 259 g/mol. The molecule has 1 aromatic carbocycles. The molecule has 2 rings (SSSR count). The fraction of sp³-hybridized carbons (Fsp3) is 0.231. The third-order valence-electron chi connectivity index (χ3n) is 2.63. The SMILES string of the molecule is CC(N)c1cccc(NC(=O)Nc2cnn(C)c2)c1. The summed E-state index contributed by atoms with van der Waals surface area (Å²) in [6.07, 6.45) is 3.30. The van der Waals surface area contributed by atoms with Crippen LogP contribution in [0.25, 0.3) is 0 Å². The number of hydrogen-bond donors (Lipinski definition) is 3. The van der Waals surface area contributed by atoms with Crippen molar-refractivity contribution in [1.29, 1.82) is 0 Å². The number of aryl methyl sites for hydroxylation is 1. The maximum absolute atomic E-state index is 11.8. The van der Waals surface area contributed by atoms with Gasteiger partial charge in [0.05, 0.1) is 11.9 Å². The Morgan fingerprint density at radius 3 is 2.74 bits per heavy atom. The molecule has 19 heavy (non-hydrogen) atoms. The van der Waals surface area contributed by atoms with E-state index in [9.17, 15) is 4.79 Å². The smallest absolute Gasteiger partial charge is 0.323 e. The van der Waals surface area contributed by atoms with Crippen LogP contribution in [-0.2, 0) is 7.05 Å². The van der Waals surface area contributed by atoms with Gasteiger partial charge >= 0.3 is 6.03 Å². The summed E-state index contributed by atoms with van der Waals surface area (Å²) < 4.78 is 1.62. The molecule has 0 radical (unpaired) electrons. The van der Waals surface area contributed by atoms with Gasteiger partial charge in [0.15, 0.2) is 0 Å². The number of nitrogens with one attached hydrogen (secondary N) is 2. The van der Waals surface area contributed by atoms with Crippen LogP contribution in [0.15, 0.2) is 36.7 Å². The van der Waals surface area contributed by atoms with Gasteiger partial charge in [0.2, 0.25) is 0 Å². The molecule has 4 N–H and O–H groups in total. The largest absolute Gasteiger partial charge is 0.324 e.